The van der Waals surface area contributed by atoms with E-state index in [4.69, 9.17) is 14.2 Å². The van der Waals surface area contributed by atoms with Gasteiger partial charge in [-0.25, -0.2) is 0 Å². The van der Waals surface area contributed by atoms with Crippen molar-refractivity contribution in [3.63, 3.8) is 0 Å². The quantitative estimate of drug-likeness (QED) is 0.599. The van der Waals surface area contributed by atoms with E-state index >= 15 is 0 Å². The molecule has 140 valence electrons. The van der Waals surface area contributed by atoms with Crippen LogP contribution in [0, 0.1) is 11.3 Å². The van der Waals surface area contributed by atoms with Crippen LogP contribution in [0.25, 0.3) is 6.08 Å². The van der Waals surface area contributed by atoms with E-state index < -0.39 is 5.91 Å². The molecule has 0 fully saturated rings. The number of ether oxygens (including phenoxy) is 3. The van der Waals surface area contributed by atoms with Crippen LogP contribution >= 0.6 is 0 Å². The summed E-state index contributed by atoms with van der Waals surface area (Å²) in [5, 5.41) is 12.3. The zero-order valence-electron chi connectivity index (χ0n) is 15.8. The summed E-state index contributed by atoms with van der Waals surface area (Å²) in [4.78, 5) is 12.5. The molecule has 0 aliphatic heterocycles. The van der Waals surface area contributed by atoms with Crippen LogP contribution in [0.2, 0.25) is 0 Å². The Hall–Kier alpha value is -3.46. The van der Waals surface area contributed by atoms with Crippen molar-refractivity contribution >= 4 is 12.0 Å². The molecule has 27 heavy (non-hydrogen) atoms. The zero-order chi connectivity index (χ0) is 19.8. The highest BCUT2D eigenvalue weighted by atomic mass is 16.5. The number of hydrogen-bond acceptors (Lipinski definition) is 5. The summed E-state index contributed by atoms with van der Waals surface area (Å²) in [5.41, 5.74) is 1.52. The number of nitrogens with one attached hydrogen (secondary N) is 1. The van der Waals surface area contributed by atoms with Crippen molar-refractivity contribution in [2.75, 3.05) is 21.3 Å². The number of hydrogen-bond donors (Lipinski definition) is 1. The van der Waals surface area contributed by atoms with E-state index in [0.29, 0.717) is 22.8 Å². The van der Waals surface area contributed by atoms with Gasteiger partial charge in [-0.15, -0.1) is 0 Å². The number of amides is 1. The smallest absolute Gasteiger partial charge is 0.262 e. The average molecular weight is 366 g/mol. The molecule has 6 heteroatoms. The van der Waals surface area contributed by atoms with Crippen LogP contribution in [-0.2, 0) is 4.79 Å². The van der Waals surface area contributed by atoms with Gasteiger partial charge in [-0.1, -0.05) is 30.3 Å². The Morgan fingerprint density at radius 3 is 2.15 bits per heavy atom. The zero-order valence-corrected chi connectivity index (χ0v) is 15.8. The highest BCUT2D eigenvalue weighted by Gasteiger charge is 2.16. The monoisotopic (exact) mass is 366 g/mol. The van der Waals surface area contributed by atoms with Gasteiger partial charge in [-0.05, 0) is 36.3 Å². The van der Waals surface area contributed by atoms with Crippen LogP contribution in [0.5, 0.6) is 17.2 Å². The molecular weight excluding hydrogens is 344 g/mol. The molecule has 0 aromatic heterocycles. The van der Waals surface area contributed by atoms with Gasteiger partial charge in [0.1, 0.15) is 11.6 Å². The van der Waals surface area contributed by atoms with E-state index in [1.54, 1.807) is 12.1 Å². The second-order valence-corrected chi connectivity index (χ2v) is 5.73. The number of carbonyl (C=O) groups is 1. The minimum Gasteiger partial charge on any atom is -0.493 e. The van der Waals surface area contributed by atoms with Gasteiger partial charge in [0.05, 0.1) is 27.4 Å². The molecule has 2 aromatic rings. The second-order valence-electron chi connectivity index (χ2n) is 5.73. The van der Waals surface area contributed by atoms with Crippen LogP contribution in [0.15, 0.2) is 48.0 Å². The van der Waals surface area contributed by atoms with Gasteiger partial charge in [0.2, 0.25) is 5.75 Å². The van der Waals surface area contributed by atoms with E-state index in [2.05, 4.69) is 5.32 Å². The van der Waals surface area contributed by atoms with Gasteiger partial charge in [-0.3, -0.25) is 4.79 Å². The Labute approximate surface area is 159 Å². The van der Waals surface area contributed by atoms with E-state index in [-0.39, 0.29) is 11.6 Å². The van der Waals surface area contributed by atoms with Gasteiger partial charge < -0.3 is 19.5 Å². The van der Waals surface area contributed by atoms with Crippen LogP contribution in [0.3, 0.4) is 0 Å². The maximum Gasteiger partial charge on any atom is 0.262 e. The van der Waals surface area contributed by atoms with Gasteiger partial charge in [-0.2, -0.15) is 5.26 Å². The predicted molar refractivity (Wildman–Crippen MR) is 103 cm³/mol. The van der Waals surface area contributed by atoms with E-state index in [1.807, 2.05) is 43.3 Å². The second kappa shape index (κ2) is 9.30. The minimum absolute atomic E-state index is 0.0212. The third-order valence-corrected chi connectivity index (χ3v) is 4.01. The van der Waals surface area contributed by atoms with Crippen molar-refractivity contribution in [3.05, 3.63) is 59.2 Å². The Bertz CT molecular complexity index is 844. The maximum atomic E-state index is 12.5. The Morgan fingerprint density at radius 2 is 1.67 bits per heavy atom. The van der Waals surface area contributed by atoms with Gasteiger partial charge in [0.15, 0.2) is 11.5 Å². The van der Waals surface area contributed by atoms with Crippen molar-refractivity contribution in [2.24, 2.45) is 0 Å². The van der Waals surface area contributed by atoms with Crippen LogP contribution in [0.4, 0.5) is 0 Å². The molecular formula is C21H22N2O4. The molecule has 0 saturated carbocycles. The van der Waals surface area contributed by atoms with E-state index in [9.17, 15) is 10.1 Å². The fourth-order valence-electron chi connectivity index (χ4n) is 2.60. The summed E-state index contributed by atoms with van der Waals surface area (Å²) in [7, 11) is 4.52. The fraction of sp³-hybridized carbons (Fsp3) is 0.238. The molecule has 1 unspecified atom stereocenters. The van der Waals surface area contributed by atoms with Crippen molar-refractivity contribution in [3.8, 4) is 23.3 Å². The van der Waals surface area contributed by atoms with Crippen molar-refractivity contribution < 1.29 is 19.0 Å². The first kappa shape index (κ1) is 19.9. The summed E-state index contributed by atoms with van der Waals surface area (Å²) in [6.45, 7) is 1.86. The SMILES string of the molecule is COc1cc(/C=C(\C#N)C(=O)NC(C)c2ccccc2)cc(OC)c1OC. The lowest BCUT2D eigenvalue weighted by Gasteiger charge is -2.14. The first-order valence-corrected chi connectivity index (χ1v) is 8.31. The molecule has 6 nitrogen and oxygen atoms in total. The summed E-state index contributed by atoms with van der Waals surface area (Å²) < 4.78 is 15.9. The molecule has 0 radical (unpaired) electrons. The number of carbonyl (C=O) groups excluding carboxylic acids is 1. The van der Waals surface area contributed by atoms with E-state index in [1.165, 1.54) is 27.4 Å². The average Bonchev–Trinajstić information content (AvgIpc) is 2.71. The van der Waals surface area contributed by atoms with Crippen molar-refractivity contribution in [1.29, 1.82) is 5.26 Å². The molecule has 1 N–H and O–H groups in total. The van der Waals surface area contributed by atoms with Crippen LogP contribution in [-0.4, -0.2) is 27.2 Å². The molecule has 0 spiro atoms. The van der Waals surface area contributed by atoms with Crippen molar-refractivity contribution in [1.82, 2.24) is 5.32 Å². The first-order chi connectivity index (χ1) is 13.0. The molecule has 0 aliphatic carbocycles. The highest BCUT2D eigenvalue weighted by molar-refractivity contribution is 6.02. The minimum atomic E-state index is -0.456. The number of rotatable bonds is 7. The standard InChI is InChI=1S/C21H22N2O4/c1-14(16-8-6-5-7-9-16)23-21(24)17(13-22)10-15-11-18(25-2)20(27-4)19(12-15)26-3/h5-12,14H,1-4H3,(H,23,24)/b17-10+. The highest BCUT2D eigenvalue weighted by Crippen LogP contribution is 2.38. The van der Waals surface area contributed by atoms with Crippen molar-refractivity contribution in [2.45, 2.75) is 13.0 Å². The lowest BCUT2D eigenvalue weighted by Crippen LogP contribution is -2.27. The lowest BCUT2D eigenvalue weighted by molar-refractivity contribution is -0.117. The summed E-state index contributed by atoms with van der Waals surface area (Å²) in [6, 6.07) is 14.6. The number of methoxy groups -OCH3 is 3. The largest absolute Gasteiger partial charge is 0.493 e. The Kier molecular flexibility index (Phi) is 6.84. The number of benzene rings is 2. The van der Waals surface area contributed by atoms with Gasteiger partial charge >= 0.3 is 0 Å². The molecule has 0 aliphatic rings. The Balaban J connectivity index is 2.30. The van der Waals surface area contributed by atoms with E-state index in [0.717, 1.165) is 5.56 Å². The fourth-order valence-corrected chi connectivity index (χ4v) is 2.60. The maximum absolute atomic E-state index is 12.5. The molecule has 1 atom stereocenters. The molecule has 0 bridgehead atoms. The molecule has 2 aromatic carbocycles. The van der Waals surface area contributed by atoms with Crippen LogP contribution < -0.4 is 19.5 Å². The predicted octanol–water partition coefficient (Wildman–Crippen LogP) is 3.50. The number of nitriles is 1. The molecule has 0 heterocycles. The topological polar surface area (TPSA) is 80.6 Å². The normalized spacial score (nSPS) is 11.9. The summed E-state index contributed by atoms with van der Waals surface area (Å²) in [6.07, 6.45) is 1.48. The lowest BCUT2D eigenvalue weighted by atomic mass is 10.1. The number of nitrogens with zero attached hydrogens (tertiary/aromatic N) is 1. The summed E-state index contributed by atoms with van der Waals surface area (Å²) >= 11 is 0. The van der Waals surface area contributed by atoms with Gasteiger partial charge in [0, 0.05) is 0 Å². The summed E-state index contributed by atoms with van der Waals surface area (Å²) in [5.74, 6) is 0.873. The Morgan fingerprint density at radius 1 is 1.07 bits per heavy atom. The third kappa shape index (κ3) is 4.79. The molecule has 1 amide bonds. The van der Waals surface area contributed by atoms with Gasteiger partial charge in [0.25, 0.3) is 5.91 Å². The first-order valence-electron chi connectivity index (χ1n) is 8.31. The molecule has 2 rings (SSSR count). The molecule has 0 saturated heterocycles. The van der Waals surface area contributed by atoms with Crippen LogP contribution in [0.1, 0.15) is 24.1 Å². The third-order valence-electron chi connectivity index (χ3n) is 4.01.